The van der Waals surface area contributed by atoms with Crippen molar-refractivity contribution in [2.45, 2.75) is 25.7 Å². The molecule has 1 aliphatic heterocycles. The second kappa shape index (κ2) is 12.2. The van der Waals surface area contributed by atoms with Crippen LogP contribution in [0.25, 0.3) is 10.9 Å². The molecule has 1 aliphatic rings. The summed E-state index contributed by atoms with van der Waals surface area (Å²) in [5.41, 5.74) is 4.39. The van der Waals surface area contributed by atoms with Crippen molar-refractivity contribution in [2.75, 3.05) is 38.7 Å². The number of amides is 1. The largest absolute Gasteiger partial charge is 0.494 e. The van der Waals surface area contributed by atoms with Gasteiger partial charge in [0.1, 0.15) is 0 Å². The Morgan fingerprint density at radius 3 is 2.40 bits per heavy atom. The third-order valence-corrected chi connectivity index (χ3v) is 7.43. The number of nitrogens with zero attached hydrogens (tertiary/aromatic N) is 3. The molecule has 1 aromatic heterocycles. The molecule has 0 spiro atoms. The van der Waals surface area contributed by atoms with Gasteiger partial charge >= 0.3 is 5.97 Å². The summed E-state index contributed by atoms with van der Waals surface area (Å²) in [6, 6.07) is 22.2. The van der Waals surface area contributed by atoms with E-state index in [1.165, 1.54) is 26.4 Å². The third-order valence-electron chi connectivity index (χ3n) is 7.43. The van der Waals surface area contributed by atoms with Gasteiger partial charge < -0.3 is 24.6 Å². The zero-order valence-corrected chi connectivity index (χ0v) is 22.9. The number of hydrogen-bond donors (Lipinski definition) is 2. The fourth-order valence-corrected chi connectivity index (χ4v) is 5.16. The maximum Gasteiger partial charge on any atom is 0.337 e. The molecule has 3 aromatic carbocycles. The van der Waals surface area contributed by atoms with Gasteiger partial charge in [-0.25, -0.2) is 9.79 Å². The molecule has 40 heavy (non-hydrogen) atoms. The van der Waals surface area contributed by atoms with Crippen molar-refractivity contribution in [2.24, 2.45) is 4.99 Å². The number of rotatable bonds is 8. The standard InChI is InChI=1S/C32H34N4O4/c1-35(28(37)17-20-36-18-7-4-8-19-36)25-14-12-24(13-15-25)33-30(22-9-5-3-6-10-22)29-26-16-11-23(32(39)40-2)21-27(26)34-31(29)38/h3,5-6,9-16,21,34,38H,4,7-8,17-20H2,1-2H3. The van der Waals surface area contributed by atoms with E-state index in [0.717, 1.165) is 36.3 Å². The highest BCUT2D eigenvalue weighted by Gasteiger charge is 2.20. The first kappa shape index (κ1) is 27.1. The van der Waals surface area contributed by atoms with E-state index in [2.05, 4.69) is 9.88 Å². The molecule has 5 rings (SSSR count). The topological polar surface area (TPSA) is 98.2 Å². The number of likely N-dealkylation sites (tertiary alicyclic amines) is 1. The average Bonchev–Trinajstić information content (AvgIpc) is 3.33. The van der Waals surface area contributed by atoms with Crippen LogP contribution in [0.2, 0.25) is 0 Å². The monoisotopic (exact) mass is 538 g/mol. The van der Waals surface area contributed by atoms with Crippen LogP contribution < -0.4 is 4.90 Å². The molecule has 4 aromatic rings. The summed E-state index contributed by atoms with van der Waals surface area (Å²) in [7, 11) is 3.14. The summed E-state index contributed by atoms with van der Waals surface area (Å²) < 4.78 is 4.83. The number of methoxy groups -OCH3 is 1. The van der Waals surface area contributed by atoms with E-state index in [4.69, 9.17) is 9.73 Å². The molecule has 1 fully saturated rings. The number of nitrogens with one attached hydrogen (secondary N) is 1. The maximum atomic E-state index is 12.8. The lowest BCUT2D eigenvalue weighted by Crippen LogP contribution is -2.35. The number of carbonyl (C=O) groups is 2. The van der Waals surface area contributed by atoms with Crippen LogP contribution in [0.3, 0.4) is 0 Å². The van der Waals surface area contributed by atoms with Crippen molar-refractivity contribution in [3.63, 3.8) is 0 Å². The third kappa shape index (κ3) is 5.92. The normalized spacial score (nSPS) is 14.3. The van der Waals surface area contributed by atoms with Crippen LogP contribution in [-0.2, 0) is 9.53 Å². The Morgan fingerprint density at radius 2 is 1.70 bits per heavy atom. The molecule has 0 radical (unpaired) electrons. The molecule has 2 N–H and O–H groups in total. The minimum Gasteiger partial charge on any atom is -0.494 e. The van der Waals surface area contributed by atoms with Crippen LogP contribution in [0.15, 0.2) is 77.8 Å². The van der Waals surface area contributed by atoms with Gasteiger partial charge in [-0.2, -0.15) is 0 Å². The van der Waals surface area contributed by atoms with Crippen molar-refractivity contribution in [3.05, 3.63) is 89.5 Å². The van der Waals surface area contributed by atoms with E-state index >= 15 is 0 Å². The van der Waals surface area contributed by atoms with Gasteiger partial charge in [0.05, 0.1) is 29.6 Å². The average molecular weight is 539 g/mol. The fourth-order valence-electron chi connectivity index (χ4n) is 5.16. The Hall–Kier alpha value is -4.43. The lowest BCUT2D eigenvalue weighted by molar-refractivity contribution is -0.118. The summed E-state index contributed by atoms with van der Waals surface area (Å²) in [4.78, 5) is 36.8. The zero-order chi connectivity index (χ0) is 28.1. The van der Waals surface area contributed by atoms with E-state index < -0.39 is 5.97 Å². The number of anilines is 1. The summed E-state index contributed by atoms with van der Waals surface area (Å²) in [5.74, 6) is -0.415. The van der Waals surface area contributed by atoms with Gasteiger partial charge in [-0.15, -0.1) is 0 Å². The number of carbonyl (C=O) groups excluding carboxylic acids is 2. The minimum absolute atomic E-state index is 0.0460. The highest BCUT2D eigenvalue weighted by molar-refractivity contribution is 6.22. The molecule has 8 nitrogen and oxygen atoms in total. The first-order chi connectivity index (χ1) is 19.4. The number of aromatic amines is 1. The summed E-state index contributed by atoms with van der Waals surface area (Å²) >= 11 is 0. The molecule has 0 saturated carbocycles. The molecule has 0 bridgehead atoms. The number of H-pyrrole nitrogens is 1. The van der Waals surface area contributed by atoms with Gasteiger partial charge in [0.2, 0.25) is 5.91 Å². The van der Waals surface area contributed by atoms with E-state index in [1.54, 1.807) is 30.1 Å². The van der Waals surface area contributed by atoms with E-state index in [-0.39, 0.29) is 11.8 Å². The van der Waals surface area contributed by atoms with E-state index in [0.29, 0.717) is 34.5 Å². The van der Waals surface area contributed by atoms with Crippen molar-refractivity contribution >= 4 is 39.9 Å². The molecule has 2 heterocycles. The number of aromatic nitrogens is 1. The molecular formula is C32H34N4O4. The number of piperidine rings is 1. The molecule has 0 aliphatic carbocycles. The number of aliphatic imine (C=N–C) groups is 1. The van der Waals surface area contributed by atoms with Gasteiger partial charge in [0.25, 0.3) is 0 Å². The smallest absolute Gasteiger partial charge is 0.337 e. The molecule has 0 atom stereocenters. The Bertz CT molecular complexity index is 1520. The first-order valence-corrected chi connectivity index (χ1v) is 13.6. The summed E-state index contributed by atoms with van der Waals surface area (Å²) in [5, 5.41) is 11.7. The molecule has 1 saturated heterocycles. The number of fused-ring (bicyclic) bond motifs is 1. The second-order valence-electron chi connectivity index (χ2n) is 10.0. The van der Waals surface area contributed by atoms with Crippen LogP contribution in [0.4, 0.5) is 11.4 Å². The molecule has 8 heteroatoms. The fraction of sp³-hybridized carbons (Fsp3) is 0.281. The molecule has 1 amide bonds. The lowest BCUT2D eigenvalue weighted by Gasteiger charge is -2.27. The predicted molar refractivity (Wildman–Crippen MR) is 158 cm³/mol. The maximum absolute atomic E-state index is 12.8. The summed E-state index contributed by atoms with van der Waals surface area (Å²) in [6.45, 7) is 2.94. The Labute approximate surface area is 233 Å². The van der Waals surface area contributed by atoms with Crippen LogP contribution in [0.1, 0.15) is 47.2 Å². The Morgan fingerprint density at radius 1 is 0.975 bits per heavy atom. The van der Waals surface area contributed by atoms with Crippen LogP contribution >= 0.6 is 0 Å². The number of esters is 1. The number of benzene rings is 3. The molecular weight excluding hydrogens is 504 g/mol. The van der Waals surface area contributed by atoms with Crippen LogP contribution in [-0.4, -0.2) is 66.4 Å². The van der Waals surface area contributed by atoms with E-state index in [1.807, 2.05) is 54.6 Å². The van der Waals surface area contributed by atoms with Gasteiger partial charge in [0.15, 0.2) is 5.88 Å². The van der Waals surface area contributed by atoms with Crippen molar-refractivity contribution in [1.82, 2.24) is 9.88 Å². The van der Waals surface area contributed by atoms with Crippen molar-refractivity contribution < 1.29 is 19.4 Å². The predicted octanol–water partition coefficient (Wildman–Crippen LogP) is 5.67. The second-order valence-corrected chi connectivity index (χ2v) is 10.0. The van der Waals surface area contributed by atoms with E-state index in [9.17, 15) is 14.7 Å². The number of ether oxygens (including phenoxy) is 1. The van der Waals surface area contributed by atoms with Gasteiger partial charge in [-0.05, 0) is 62.3 Å². The van der Waals surface area contributed by atoms with Crippen molar-refractivity contribution in [3.8, 4) is 5.88 Å². The first-order valence-electron chi connectivity index (χ1n) is 13.6. The molecule has 206 valence electrons. The number of aromatic hydroxyl groups is 1. The van der Waals surface area contributed by atoms with Gasteiger partial charge in [-0.3, -0.25) is 4.79 Å². The minimum atomic E-state index is -0.454. The highest BCUT2D eigenvalue weighted by atomic mass is 16.5. The highest BCUT2D eigenvalue weighted by Crippen LogP contribution is 2.32. The zero-order valence-electron chi connectivity index (χ0n) is 22.9. The van der Waals surface area contributed by atoms with Crippen LogP contribution in [0.5, 0.6) is 5.88 Å². The van der Waals surface area contributed by atoms with Crippen molar-refractivity contribution in [1.29, 1.82) is 0 Å². The van der Waals surface area contributed by atoms with Gasteiger partial charge in [-0.1, -0.05) is 42.8 Å². The Balaban J connectivity index is 1.43. The Kier molecular flexibility index (Phi) is 8.26. The van der Waals surface area contributed by atoms with Gasteiger partial charge in [0, 0.05) is 42.2 Å². The number of hydrogen-bond acceptors (Lipinski definition) is 6. The summed E-state index contributed by atoms with van der Waals surface area (Å²) in [6.07, 6.45) is 4.19. The lowest BCUT2D eigenvalue weighted by atomic mass is 10.00. The van der Waals surface area contributed by atoms with Crippen LogP contribution in [0, 0.1) is 0 Å². The quantitative estimate of drug-likeness (QED) is 0.223. The molecule has 0 unspecified atom stereocenters. The SMILES string of the molecule is COC(=O)c1ccc2c(C(=Nc3ccc(N(C)C(=O)CCN4CCCCC4)cc3)c3ccccc3)c(O)[nH]c2c1.